The average molecular weight is 421 g/mol. The summed E-state index contributed by atoms with van der Waals surface area (Å²) in [7, 11) is -3.82. The Labute approximate surface area is 176 Å². The SMILES string of the molecule is Cc1ccc(S(=O)(=O)n2c(C)cc3c(-c4ccccc4)nc(NC(C)C)nc32)cc1. The van der Waals surface area contributed by atoms with E-state index in [9.17, 15) is 8.42 Å². The second kappa shape index (κ2) is 7.57. The van der Waals surface area contributed by atoms with Gasteiger partial charge in [0.05, 0.1) is 10.6 Å². The van der Waals surface area contributed by atoms with E-state index in [2.05, 4.69) is 10.3 Å². The molecule has 4 rings (SSSR count). The van der Waals surface area contributed by atoms with Crippen LogP contribution in [0.2, 0.25) is 0 Å². The molecule has 0 amide bonds. The third-order valence-corrected chi connectivity index (χ3v) is 6.63. The maximum absolute atomic E-state index is 13.5. The highest BCUT2D eigenvalue weighted by molar-refractivity contribution is 7.90. The zero-order valence-electron chi connectivity index (χ0n) is 17.4. The summed E-state index contributed by atoms with van der Waals surface area (Å²) in [5.41, 5.74) is 3.55. The molecule has 154 valence electrons. The molecular weight excluding hydrogens is 396 g/mol. The number of hydrogen-bond donors (Lipinski definition) is 1. The van der Waals surface area contributed by atoms with Crippen LogP contribution in [0.5, 0.6) is 0 Å². The molecule has 30 heavy (non-hydrogen) atoms. The van der Waals surface area contributed by atoms with Crippen LogP contribution in [-0.4, -0.2) is 28.4 Å². The molecule has 0 aliphatic carbocycles. The normalized spacial score (nSPS) is 11.9. The van der Waals surface area contributed by atoms with Gasteiger partial charge in [0.15, 0.2) is 5.65 Å². The van der Waals surface area contributed by atoms with Gasteiger partial charge in [0.2, 0.25) is 5.95 Å². The largest absolute Gasteiger partial charge is 0.352 e. The van der Waals surface area contributed by atoms with E-state index in [-0.39, 0.29) is 10.9 Å². The van der Waals surface area contributed by atoms with Crippen LogP contribution in [-0.2, 0) is 10.0 Å². The van der Waals surface area contributed by atoms with Gasteiger partial charge in [0, 0.05) is 22.7 Å². The summed E-state index contributed by atoms with van der Waals surface area (Å²) >= 11 is 0. The minimum Gasteiger partial charge on any atom is -0.352 e. The predicted octanol–water partition coefficient (Wildman–Crippen LogP) is 4.77. The quantitative estimate of drug-likeness (QED) is 0.503. The molecule has 0 aliphatic rings. The molecule has 2 aromatic heterocycles. The number of nitrogens with zero attached hydrogens (tertiary/aromatic N) is 3. The highest BCUT2D eigenvalue weighted by Crippen LogP contribution is 2.32. The van der Waals surface area contributed by atoms with Crippen LogP contribution in [0.4, 0.5) is 5.95 Å². The molecule has 1 N–H and O–H groups in total. The molecule has 0 saturated carbocycles. The van der Waals surface area contributed by atoms with Crippen LogP contribution in [0.1, 0.15) is 25.1 Å². The summed E-state index contributed by atoms with van der Waals surface area (Å²) in [6.45, 7) is 7.68. The molecule has 2 aromatic carbocycles. The van der Waals surface area contributed by atoms with Crippen molar-refractivity contribution in [2.75, 3.05) is 5.32 Å². The highest BCUT2D eigenvalue weighted by Gasteiger charge is 2.25. The number of aryl methyl sites for hydroxylation is 2. The van der Waals surface area contributed by atoms with Gasteiger partial charge < -0.3 is 5.32 Å². The van der Waals surface area contributed by atoms with Crippen LogP contribution in [0.3, 0.4) is 0 Å². The Bertz CT molecular complexity index is 1310. The van der Waals surface area contributed by atoms with Gasteiger partial charge in [-0.05, 0) is 45.9 Å². The topological polar surface area (TPSA) is 76.9 Å². The molecule has 0 bridgehead atoms. The van der Waals surface area contributed by atoms with Crippen LogP contribution in [0, 0.1) is 13.8 Å². The van der Waals surface area contributed by atoms with Gasteiger partial charge in [-0.3, -0.25) is 0 Å². The number of fused-ring (bicyclic) bond motifs is 1. The minimum atomic E-state index is -3.82. The van der Waals surface area contributed by atoms with Crippen LogP contribution in [0.25, 0.3) is 22.3 Å². The lowest BCUT2D eigenvalue weighted by molar-refractivity contribution is 0.587. The summed E-state index contributed by atoms with van der Waals surface area (Å²) < 4.78 is 28.3. The molecule has 0 saturated heterocycles. The highest BCUT2D eigenvalue weighted by atomic mass is 32.2. The Morgan fingerprint density at radius 3 is 2.23 bits per heavy atom. The Hall–Kier alpha value is -3.19. The Balaban J connectivity index is 2.02. The first-order valence-electron chi connectivity index (χ1n) is 9.81. The number of nitrogens with one attached hydrogen (secondary N) is 1. The fourth-order valence-corrected chi connectivity index (χ4v) is 4.93. The van der Waals surface area contributed by atoms with Crippen LogP contribution < -0.4 is 5.32 Å². The van der Waals surface area contributed by atoms with Gasteiger partial charge >= 0.3 is 0 Å². The number of hydrogen-bond acceptors (Lipinski definition) is 5. The monoisotopic (exact) mass is 420 g/mol. The smallest absolute Gasteiger partial charge is 0.269 e. The van der Waals surface area contributed by atoms with Crippen molar-refractivity contribution in [3.63, 3.8) is 0 Å². The van der Waals surface area contributed by atoms with Crippen molar-refractivity contribution in [1.29, 1.82) is 0 Å². The number of anilines is 1. The maximum Gasteiger partial charge on any atom is 0.269 e. The average Bonchev–Trinajstić information content (AvgIpc) is 3.04. The lowest BCUT2D eigenvalue weighted by Crippen LogP contribution is -2.17. The minimum absolute atomic E-state index is 0.101. The Morgan fingerprint density at radius 2 is 1.60 bits per heavy atom. The summed E-state index contributed by atoms with van der Waals surface area (Å²) in [5.74, 6) is 0.398. The number of rotatable bonds is 5. The van der Waals surface area contributed by atoms with E-state index in [1.54, 1.807) is 31.2 Å². The van der Waals surface area contributed by atoms with Crippen LogP contribution in [0.15, 0.2) is 65.6 Å². The third kappa shape index (κ3) is 3.57. The first-order valence-corrected chi connectivity index (χ1v) is 11.3. The Kier molecular flexibility index (Phi) is 5.07. The molecule has 0 spiro atoms. The summed E-state index contributed by atoms with van der Waals surface area (Å²) in [5, 5.41) is 3.91. The van der Waals surface area contributed by atoms with Gasteiger partial charge in [0.1, 0.15) is 0 Å². The lowest BCUT2D eigenvalue weighted by Gasteiger charge is -2.13. The zero-order valence-corrected chi connectivity index (χ0v) is 18.2. The third-order valence-electron chi connectivity index (χ3n) is 4.82. The van der Waals surface area contributed by atoms with Gasteiger partial charge in [0.25, 0.3) is 10.0 Å². The fourth-order valence-electron chi connectivity index (χ4n) is 3.44. The van der Waals surface area contributed by atoms with Crippen molar-refractivity contribution in [2.24, 2.45) is 0 Å². The maximum atomic E-state index is 13.5. The van der Waals surface area contributed by atoms with E-state index in [1.807, 2.05) is 57.2 Å². The number of benzene rings is 2. The molecule has 0 atom stereocenters. The summed E-state index contributed by atoms with van der Waals surface area (Å²) in [6.07, 6.45) is 0. The zero-order chi connectivity index (χ0) is 21.5. The molecule has 0 radical (unpaired) electrons. The van der Waals surface area contributed by atoms with Gasteiger partial charge in [-0.25, -0.2) is 17.4 Å². The Morgan fingerprint density at radius 1 is 0.933 bits per heavy atom. The summed E-state index contributed by atoms with van der Waals surface area (Å²) in [6, 6.07) is 18.5. The van der Waals surface area contributed by atoms with E-state index < -0.39 is 10.0 Å². The van der Waals surface area contributed by atoms with Crippen molar-refractivity contribution < 1.29 is 8.42 Å². The van der Waals surface area contributed by atoms with Gasteiger partial charge in [-0.2, -0.15) is 4.98 Å². The van der Waals surface area contributed by atoms with Crippen molar-refractivity contribution >= 4 is 27.0 Å². The van der Waals surface area contributed by atoms with Crippen molar-refractivity contribution in [3.8, 4) is 11.3 Å². The first kappa shape index (κ1) is 20.1. The van der Waals surface area contributed by atoms with Gasteiger partial charge in [-0.15, -0.1) is 0 Å². The lowest BCUT2D eigenvalue weighted by atomic mass is 10.1. The first-order chi connectivity index (χ1) is 14.3. The predicted molar refractivity (Wildman–Crippen MR) is 120 cm³/mol. The van der Waals surface area contributed by atoms with Crippen molar-refractivity contribution in [2.45, 2.75) is 38.6 Å². The van der Waals surface area contributed by atoms with Crippen LogP contribution >= 0.6 is 0 Å². The van der Waals surface area contributed by atoms with E-state index in [4.69, 9.17) is 4.98 Å². The van der Waals surface area contributed by atoms with Gasteiger partial charge in [-0.1, -0.05) is 48.0 Å². The molecule has 0 unspecified atom stereocenters. The fraction of sp³-hybridized carbons (Fsp3) is 0.217. The standard InChI is InChI=1S/C23H24N4O2S/c1-15(2)24-23-25-21(18-8-6-5-7-9-18)20-14-17(4)27(22(20)26-23)30(28,29)19-12-10-16(3)11-13-19/h5-15H,1-4H3,(H,24,25,26). The van der Waals surface area contributed by atoms with E-state index in [0.717, 1.165) is 11.1 Å². The van der Waals surface area contributed by atoms with E-state index >= 15 is 0 Å². The van der Waals surface area contributed by atoms with Crippen molar-refractivity contribution in [1.82, 2.24) is 13.9 Å². The van der Waals surface area contributed by atoms with E-state index in [1.165, 1.54) is 3.97 Å². The molecule has 7 heteroatoms. The second-order valence-electron chi connectivity index (χ2n) is 7.67. The summed E-state index contributed by atoms with van der Waals surface area (Å²) in [4.78, 5) is 9.52. The van der Waals surface area contributed by atoms with E-state index in [0.29, 0.717) is 28.4 Å². The number of aromatic nitrogens is 3. The molecule has 2 heterocycles. The molecular formula is C23H24N4O2S. The molecule has 0 fully saturated rings. The second-order valence-corrected chi connectivity index (χ2v) is 9.45. The van der Waals surface area contributed by atoms with Crippen molar-refractivity contribution in [3.05, 3.63) is 71.9 Å². The molecule has 4 aromatic rings. The molecule has 0 aliphatic heterocycles. The molecule has 6 nitrogen and oxygen atoms in total.